The number of amides is 2. The third kappa shape index (κ3) is 6.76. The molecule has 0 bridgehead atoms. The zero-order valence-electron chi connectivity index (χ0n) is 14.5. The van der Waals surface area contributed by atoms with Crippen molar-refractivity contribution in [1.82, 2.24) is 5.32 Å². The number of ether oxygens (including phenoxy) is 1. The monoisotopic (exact) mass is 376 g/mol. The molecule has 0 heterocycles. The van der Waals surface area contributed by atoms with Crippen molar-refractivity contribution in [2.45, 2.75) is 18.2 Å². The van der Waals surface area contributed by atoms with Crippen LogP contribution in [0.25, 0.3) is 0 Å². The summed E-state index contributed by atoms with van der Waals surface area (Å²) >= 11 is 1.31. The van der Waals surface area contributed by atoms with E-state index < -0.39 is 0 Å². The highest BCUT2D eigenvalue weighted by Gasteiger charge is 2.06. The number of rotatable bonds is 9. The van der Waals surface area contributed by atoms with E-state index in [0.717, 1.165) is 0 Å². The summed E-state index contributed by atoms with van der Waals surface area (Å²) in [6, 6.07) is 13.3. The second-order valence-corrected chi connectivity index (χ2v) is 6.48. The number of likely N-dealkylation sites (N-methyl/N-ethyl adjacent to an activating group) is 1. The van der Waals surface area contributed by atoms with Crippen molar-refractivity contribution in [3.05, 3.63) is 54.3 Å². The fraction of sp³-hybridized carbons (Fsp3) is 0.263. The van der Waals surface area contributed by atoms with Crippen LogP contribution in [0.5, 0.6) is 5.75 Å². The Hall–Kier alpha value is -2.54. The van der Waals surface area contributed by atoms with Crippen LogP contribution < -0.4 is 15.4 Å². The van der Waals surface area contributed by atoms with Crippen LogP contribution in [0.3, 0.4) is 0 Å². The third-order valence-electron chi connectivity index (χ3n) is 3.31. The summed E-state index contributed by atoms with van der Waals surface area (Å²) < 4.78 is 18.8. The third-order valence-corrected chi connectivity index (χ3v) is 4.36. The summed E-state index contributed by atoms with van der Waals surface area (Å²) in [5, 5.41) is 5.42. The molecule has 138 valence electrons. The average molecular weight is 376 g/mol. The topological polar surface area (TPSA) is 67.4 Å². The Kier molecular flexibility index (Phi) is 7.95. The van der Waals surface area contributed by atoms with Gasteiger partial charge in [0, 0.05) is 29.3 Å². The van der Waals surface area contributed by atoms with Gasteiger partial charge in [-0.15, -0.1) is 11.8 Å². The highest BCUT2D eigenvalue weighted by atomic mass is 32.2. The number of anilines is 1. The van der Waals surface area contributed by atoms with Gasteiger partial charge in [-0.2, -0.15) is 0 Å². The SMILES string of the molecule is CCNC(=O)COc1ccc(NC(=O)CCSc2ccccc2F)cc1. The van der Waals surface area contributed by atoms with E-state index in [1.54, 1.807) is 42.5 Å². The molecule has 0 aromatic heterocycles. The van der Waals surface area contributed by atoms with Gasteiger partial charge in [-0.05, 0) is 43.3 Å². The van der Waals surface area contributed by atoms with Gasteiger partial charge in [0.25, 0.3) is 5.91 Å². The Balaban J connectivity index is 1.73. The van der Waals surface area contributed by atoms with Crippen LogP contribution >= 0.6 is 11.8 Å². The predicted octanol–water partition coefficient (Wildman–Crippen LogP) is 3.46. The van der Waals surface area contributed by atoms with E-state index in [4.69, 9.17) is 4.74 Å². The molecular weight excluding hydrogens is 355 g/mol. The van der Waals surface area contributed by atoms with Crippen molar-refractivity contribution < 1.29 is 18.7 Å². The molecule has 0 radical (unpaired) electrons. The summed E-state index contributed by atoms with van der Waals surface area (Å²) in [5.41, 5.74) is 0.635. The lowest BCUT2D eigenvalue weighted by molar-refractivity contribution is -0.123. The first-order valence-electron chi connectivity index (χ1n) is 8.25. The molecule has 2 aromatic carbocycles. The molecule has 26 heavy (non-hydrogen) atoms. The highest BCUT2D eigenvalue weighted by Crippen LogP contribution is 2.22. The average Bonchev–Trinajstić information content (AvgIpc) is 2.63. The molecule has 2 rings (SSSR count). The molecule has 0 fully saturated rings. The van der Waals surface area contributed by atoms with Gasteiger partial charge in [-0.25, -0.2) is 4.39 Å². The molecule has 7 heteroatoms. The summed E-state index contributed by atoms with van der Waals surface area (Å²) in [7, 11) is 0. The molecule has 0 spiro atoms. The van der Waals surface area contributed by atoms with Crippen LogP contribution in [0.1, 0.15) is 13.3 Å². The molecule has 0 aliphatic rings. The number of hydrogen-bond donors (Lipinski definition) is 2. The lowest BCUT2D eigenvalue weighted by atomic mass is 10.3. The van der Waals surface area contributed by atoms with E-state index in [2.05, 4.69) is 10.6 Å². The maximum absolute atomic E-state index is 13.5. The standard InChI is InChI=1S/C19H21FN2O3S/c1-2-21-19(24)13-25-15-9-7-14(8-10-15)22-18(23)11-12-26-17-6-4-3-5-16(17)20/h3-10H,2,11-13H2,1H3,(H,21,24)(H,22,23). The Morgan fingerprint density at radius 3 is 2.50 bits per heavy atom. The van der Waals surface area contributed by atoms with E-state index in [-0.39, 0.29) is 30.7 Å². The molecule has 2 amide bonds. The zero-order chi connectivity index (χ0) is 18.8. The molecule has 2 N–H and O–H groups in total. The van der Waals surface area contributed by atoms with Gasteiger partial charge in [-0.1, -0.05) is 12.1 Å². The number of nitrogens with one attached hydrogen (secondary N) is 2. The van der Waals surface area contributed by atoms with E-state index in [9.17, 15) is 14.0 Å². The summed E-state index contributed by atoms with van der Waals surface area (Å²) in [5.74, 6) is 0.424. The van der Waals surface area contributed by atoms with Gasteiger partial charge in [0.2, 0.25) is 5.91 Å². The van der Waals surface area contributed by atoms with Crippen molar-refractivity contribution in [3.8, 4) is 5.75 Å². The maximum Gasteiger partial charge on any atom is 0.257 e. The van der Waals surface area contributed by atoms with Crippen LogP contribution in [0.4, 0.5) is 10.1 Å². The van der Waals surface area contributed by atoms with Crippen molar-refractivity contribution in [1.29, 1.82) is 0 Å². The Morgan fingerprint density at radius 1 is 1.08 bits per heavy atom. The quantitative estimate of drug-likeness (QED) is 0.658. The van der Waals surface area contributed by atoms with E-state index in [1.807, 2.05) is 6.92 Å². The van der Waals surface area contributed by atoms with Gasteiger partial charge in [-0.3, -0.25) is 9.59 Å². The normalized spacial score (nSPS) is 10.2. The molecule has 0 saturated heterocycles. The minimum absolute atomic E-state index is 0.0488. The maximum atomic E-state index is 13.5. The first-order chi connectivity index (χ1) is 12.6. The molecular formula is C19H21FN2O3S. The minimum atomic E-state index is -0.277. The Morgan fingerprint density at radius 2 is 1.81 bits per heavy atom. The largest absolute Gasteiger partial charge is 0.484 e. The van der Waals surface area contributed by atoms with Crippen molar-refractivity contribution in [3.63, 3.8) is 0 Å². The fourth-order valence-corrected chi connectivity index (χ4v) is 2.96. The van der Waals surface area contributed by atoms with Crippen LogP contribution in [0, 0.1) is 5.82 Å². The molecule has 0 aliphatic carbocycles. The molecule has 0 saturated carbocycles. The second-order valence-electron chi connectivity index (χ2n) is 5.34. The number of hydrogen-bond acceptors (Lipinski definition) is 4. The molecule has 2 aromatic rings. The van der Waals surface area contributed by atoms with Crippen LogP contribution in [-0.4, -0.2) is 30.7 Å². The van der Waals surface area contributed by atoms with Gasteiger partial charge < -0.3 is 15.4 Å². The number of carbonyl (C=O) groups excluding carboxylic acids is 2. The Bertz CT molecular complexity index is 738. The first kappa shape index (κ1) is 19.8. The summed E-state index contributed by atoms with van der Waals surface area (Å²) in [6.07, 6.45) is 0.272. The van der Waals surface area contributed by atoms with E-state index in [0.29, 0.717) is 28.6 Å². The Labute approximate surface area is 156 Å². The zero-order valence-corrected chi connectivity index (χ0v) is 15.3. The van der Waals surface area contributed by atoms with E-state index >= 15 is 0 Å². The van der Waals surface area contributed by atoms with Gasteiger partial charge in [0.1, 0.15) is 11.6 Å². The summed E-state index contributed by atoms with van der Waals surface area (Å²) in [4.78, 5) is 23.8. The van der Waals surface area contributed by atoms with Crippen molar-refractivity contribution in [2.24, 2.45) is 0 Å². The number of benzene rings is 2. The van der Waals surface area contributed by atoms with E-state index in [1.165, 1.54) is 17.8 Å². The number of thioether (sulfide) groups is 1. The number of halogens is 1. The van der Waals surface area contributed by atoms with Crippen LogP contribution in [-0.2, 0) is 9.59 Å². The molecule has 0 aliphatic heterocycles. The minimum Gasteiger partial charge on any atom is -0.484 e. The molecule has 0 atom stereocenters. The van der Waals surface area contributed by atoms with Crippen LogP contribution in [0.2, 0.25) is 0 Å². The second kappa shape index (κ2) is 10.5. The first-order valence-corrected chi connectivity index (χ1v) is 9.23. The summed E-state index contributed by atoms with van der Waals surface area (Å²) in [6.45, 7) is 2.35. The number of carbonyl (C=O) groups is 2. The van der Waals surface area contributed by atoms with Gasteiger partial charge >= 0.3 is 0 Å². The molecule has 5 nitrogen and oxygen atoms in total. The van der Waals surface area contributed by atoms with Crippen molar-refractivity contribution in [2.75, 3.05) is 24.2 Å². The van der Waals surface area contributed by atoms with Gasteiger partial charge in [0.05, 0.1) is 0 Å². The van der Waals surface area contributed by atoms with Crippen molar-refractivity contribution >= 4 is 29.3 Å². The smallest absolute Gasteiger partial charge is 0.257 e. The molecule has 0 unspecified atom stereocenters. The highest BCUT2D eigenvalue weighted by molar-refractivity contribution is 7.99. The van der Waals surface area contributed by atoms with Gasteiger partial charge in [0.15, 0.2) is 6.61 Å². The fourth-order valence-electron chi connectivity index (χ4n) is 2.07. The van der Waals surface area contributed by atoms with Crippen LogP contribution in [0.15, 0.2) is 53.4 Å². The lowest BCUT2D eigenvalue weighted by Crippen LogP contribution is -2.28. The predicted molar refractivity (Wildman–Crippen MR) is 101 cm³/mol. The lowest BCUT2D eigenvalue weighted by Gasteiger charge is -2.08.